The number of hydrogen-bond acceptors (Lipinski definition) is 4. The Kier molecular flexibility index (Phi) is 6.47. The van der Waals surface area contributed by atoms with Crippen molar-refractivity contribution in [3.8, 4) is 0 Å². The molecule has 0 bridgehead atoms. The number of thioether (sulfide) groups is 1. The van der Waals surface area contributed by atoms with Crippen LogP contribution in [0.3, 0.4) is 0 Å². The van der Waals surface area contributed by atoms with E-state index < -0.39 is 34.2 Å². The fourth-order valence-electron chi connectivity index (χ4n) is 1.45. The maximum absolute atomic E-state index is 12.3. The van der Waals surface area contributed by atoms with Crippen molar-refractivity contribution in [3.63, 3.8) is 0 Å². The number of carboxylic acids is 1. The monoisotopic (exact) mass is 322 g/mol. The van der Waals surface area contributed by atoms with Crippen molar-refractivity contribution in [2.45, 2.75) is 29.8 Å². The minimum Gasteiger partial charge on any atom is -0.481 e. The van der Waals surface area contributed by atoms with Gasteiger partial charge in [0.15, 0.2) is 0 Å². The third kappa shape index (κ3) is 6.98. The Morgan fingerprint density at radius 3 is 2.67 bits per heavy atom. The summed E-state index contributed by atoms with van der Waals surface area (Å²) in [6, 6.07) is 2.63. The van der Waals surface area contributed by atoms with Gasteiger partial charge in [-0.3, -0.25) is 9.59 Å². The van der Waals surface area contributed by atoms with E-state index in [9.17, 15) is 22.8 Å². The second kappa shape index (κ2) is 7.87. The van der Waals surface area contributed by atoms with E-state index in [1.165, 1.54) is 18.3 Å². The maximum Gasteiger partial charge on any atom is 0.447 e. The number of carbonyl (C=O) groups excluding carboxylic acids is 1. The van der Waals surface area contributed by atoms with Gasteiger partial charge in [0.2, 0.25) is 0 Å². The standard InChI is InChI=1S/C12H13F3N2O3S/c13-12(14,15)21-11-8(4-3-7-17-11)10(20)16-6-2-1-5-9(18)19/h3-4,7H,1-2,5-6H2,(H,16,20)(H,18,19). The number of nitrogens with one attached hydrogen (secondary N) is 1. The first kappa shape index (κ1) is 17.3. The lowest BCUT2D eigenvalue weighted by atomic mass is 10.2. The van der Waals surface area contributed by atoms with Crippen molar-refractivity contribution in [2.24, 2.45) is 0 Å². The minimum absolute atomic E-state index is 0.0159. The van der Waals surface area contributed by atoms with Crippen LogP contribution in [0.4, 0.5) is 13.2 Å². The van der Waals surface area contributed by atoms with Crippen LogP contribution >= 0.6 is 11.8 Å². The van der Waals surface area contributed by atoms with Gasteiger partial charge in [-0.25, -0.2) is 4.98 Å². The van der Waals surface area contributed by atoms with Gasteiger partial charge >= 0.3 is 11.5 Å². The van der Waals surface area contributed by atoms with Gasteiger partial charge in [0.1, 0.15) is 5.03 Å². The van der Waals surface area contributed by atoms with Gasteiger partial charge in [0, 0.05) is 30.9 Å². The first-order valence-electron chi connectivity index (χ1n) is 6.00. The molecular weight excluding hydrogens is 309 g/mol. The number of pyridine rings is 1. The third-order valence-electron chi connectivity index (χ3n) is 2.33. The highest BCUT2D eigenvalue weighted by Gasteiger charge is 2.32. The van der Waals surface area contributed by atoms with Gasteiger partial charge in [-0.05, 0) is 25.0 Å². The molecule has 0 spiro atoms. The maximum atomic E-state index is 12.3. The summed E-state index contributed by atoms with van der Waals surface area (Å²) in [4.78, 5) is 25.6. The van der Waals surface area contributed by atoms with Gasteiger partial charge in [-0.1, -0.05) is 0 Å². The Balaban J connectivity index is 2.56. The van der Waals surface area contributed by atoms with Crippen LogP contribution in [0.25, 0.3) is 0 Å². The van der Waals surface area contributed by atoms with Gasteiger partial charge in [0.05, 0.1) is 5.56 Å². The normalized spacial score (nSPS) is 11.2. The third-order valence-corrected chi connectivity index (χ3v) is 3.08. The van der Waals surface area contributed by atoms with Crippen LogP contribution < -0.4 is 5.32 Å². The summed E-state index contributed by atoms with van der Waals surface area (Å²) < 4.78 is 37.0. The predicted octanol–water partition coefficient (Wildman–Crippen LogP) is 2.68. The number of carbonyl (C=O) groups is 2. The van der Waals surface area contributed by atoms with Crippen LogP contribution in [0.1, 0.15) is 29.6 Å². The molecule has 0 saturated heterocycles. The fraction of sp³-hybridized carbons (Fsp3) is 0.417. The molecule has 0 atom stereocenters. The molecule has 0 aliphatic rings. The lowest BCUT2D eigenvalue weighted by Crippen LogP contribution is -2.25. The molecule has 0 saturated carbocycles. The van der Waals surface area contributed by atoms with Crippen molar-refractivity contribution >= 4 is 23.6 Å². The van der Waals surface area contributed by atoms with E-state index >= 15 is 0 Å². The highest BCUT2D eigenvalue weighted by Crippen LogP contribution is 2.37. The second-order valence-electron chi connectivity index (χ2n) is 4.01. The highest BCUT2D eigenvalue weighted by atomic mass is 32.2. The van der Waals surface area contributed by atoms with E-state index in [2.05, 4.69) is 10.3 Å². The molecule has 0 radical (unpaired) electrons. The Morgan fingerprint density at radius 1 is 1.33 bits per heavy atom. The molecule has 21 heavy (non-hydrogen) atoms. The van der Waals surface area contributed by atoms with Crippen molar-refractivity contribution in [1.29, 1.82) is 0 Å². The fourth-order valence-corrected chi connectivity index (χ4v) is 2.06. The molecule has 0 fully saturated rings. The van der Waals surface area contributed by atoms with Crippen LogP contribution in [0.5, 0.6) is 0 Å². The molecule has 0 aliphatic carbocycles. The Hall–Kier alpha value is -1.77. The van der Waals surface area contributed by atoms with Gasteiger partial charge in [0.25, 0.3) is 5.91 Å². The van der Waals surface area contributed by atoms with Gasteiger partial charge < -0.3 is 10.4 Å². The van der Waals surface area contributed by atoms with E-state index in [-0.39, 0.29) is 18.5 Å². The van der Waals surface area contributed by atoms with Crippen LogP contribution in [0.2, 0.25) is 0 Å². The largest absolute Gasteiger partial charge is 0.481 e. The van der Waals surface area contributed by atoms with Crippen LogP contribution in [0, 0.1) is 0 Å². The van der Waals surface area contributed by atoms with Crippen molar-refractivity contribution in [3.05, 3.63) is 23.9 Å². The average molecular weight is 322 g/mol. The molecule has 116 valence electrons. The van der Waals surface area contributed by atoms with E-state index in [0.717, 1.165) is 0 Å². The van der Waals surface area contributed by atoms with Crippen LogP contribution in [-0.2, 0) is 4.79 Å². The summed E-state index contributed by atoms with van der Waals surface area (Å²) in [7, 11) is 0. The van der Waals surface area contributed by atoms with E-state index in [1.54, 1.807) is 0 Å². The summed E-state index contributed by atoms with van der Waals surface area (Å²) >= 11 is -0.446. The summed E-state index contributed by atoms with van der Waals surface area (Å²) in [5.41, 5.74) is -4.68. The summed E-state index contributed by atoms with van der Waals surface area (Å²) in [6.07, 6.45) is 1.97. The zero-order chi connectivity index (χ0) is 15.9. The Morgan fingerprint density at radius 2 is 2.05 bits per heavy atom. The molecule has 0 aromatic carbocycles. The molecular formula is C12H13F3N2O3S. The number of nitrogens with zero attached hydrogens (tertiary/aromatic N) is 1. The van der Waals surface area contributed by atoms with Crippen LogP contribution in [-0.4, -0.2) is 34.0 Å². The van der Waals surface area contributed by atoms with Crippen molar-refractivity contribution in [1.82, 2.24) is 10.3 Å². The first-order chi connectivity index (χ1) is 9.79. The van der Waals surface area contributed by atoms with E-state index in [4.69, 9.17) is 5.11 Å². The molecule has 0 unspecified atom stereocenters. The number of carboxylic acid groups (broad SMARTS) is 1. The topological polar surface area (TPSA) is 79.3 Å². The molecule has 1 aromatic heterocycles. The number of alkyl halides is 3. The smallest absolute Gasteiger partial charge is 0.447 e. The molecule has 9 heteroatoms. The SMILES string of the molecule is O=C(O)CCCCNC(=O)c1cccnc1SC(F)(F)F. The molecule has 1 heterocycles. The Bertz CT molecular complexity index is 509. The lowest BCUT2D eigenvalue weighted by Gasteiger charge is -2.10. The number of unbranched alkanes of at least 4 members (excludes halogenated alkanes) is 1. The molecule has 2 N–H and O–H groups in total. The van der Waals surface area contributed by atoms with E-state index in [0.29, 0.717) is 12.8 Å². The number of rotatable bonds is 7. The van der Waals surface area contributed by atoms with Crippen LogP contribution in [0.15, 0.2) is 23.4 Å². The number of halogens is 3. The predicted molar refractivity (Wildman–Crippen MR) is 70.0 cm³/mol. The average Bonchev–Trinajstić information content (AvgIpc) is 2.36. The Labute approximate surface area is 122 Å². The van der Waals surface area contributed by atoms with E-state index in [1.807, 2.05) is 0 Å². The molecule has 1 rings (SSSR count). The minimum atomic E-state index is -4.52. The van der Waals surface area contributed by atoms with Crippen molar-refractivity contribution in [2.75, 3.05) is 6.54 Å². The summed E-state index contributed by atoms with van der Waals surface area (Å²) in [5.74, 6) is -1.59. The number of amides is 1. The molecule has 1 aromatic rings. The summed E-state index contributed by atoms with van der Waals surface area (Å²) in [6.45, 7) is 0.192. The lowest BCUT2D eigenvalue weighted by molar-refractivity contribution is -0.137. The zero-order valence-corrected chi connectivity index (χ0v) is 11.6. The quantitative estimate of drug-likeness (QED) is 0.596. The zero-order valence-electron chi connectivity index (χ0n) is 10.8. The number of hydrogen-bond donors (Lipinski definition) is 2. The van der Waals surface area contributed by atoms with Gasteiger partial charge in [-0.2, -0.15) is 13.2 Å². The molecule has 5 nitrogen and oxygen atoms in total. The molecule has 1 amide bonds. The highest BCUT2D eigenvalue weighted by molar-refractivity contribution is 8.00. The van der Waals surface area contributed by atoms with Gasteiger partial charge in [-0.15, -0.1) is 0 Å². The van der Waals surface area contributed by atoms with Crippen molar-refractivity contribution < 1.29 is 27.9 Å². The molecule has 0 aliphatic heterocycles. The second-order valence-corrected chi connectivity index (χ2v) is 5.06. The summed E-state index contributed by atoms with van der Waals surface area (Å²) in [5, 5.41) is 10.5. The number of aromatic nitrogens is 1. The first-order valence-corrected chi connectivity index (χ1v) is 6.82. The number of aliphatic carboxylic acids is 1.